The first kappa shape index (κ1) is 11.3. The van der Waals surface area contributed by atoms with Gasteiger partial charge in [0.1, 0.15) is 11.5 Å². The van der Waals surface area contributed by atoms with Gasteiger partial charge >= 0.3 is 0 Å². The van der Waals surface area contributed by atoms with Crippen LogP contribution >= 0.6 is 0 Å². The summed E-state index contributed by atoms with van der Waals surface area (Å²) in [6.45, 7) is 3.12. The molecule has 0 spiro atoms. The smallest absolute Gasteiger partial charge is 0.125 e. The second kappa shape index (κ2) is 4.74. The fourth-order valence-corrected chi connectivity index (χ4v) is 2.28. The monoisotopic (exact) mass is 221 g/mol. The lowest BCUT2D eigenvalue weighted by Gasteiger charge is -2.16. The molecule has 88 valence electrons. The largest absolute Gasteiger partial charge is 0.496 e. The van der Waals surface area contributed by atoms with E-state index in [1.54, 1.807) is 14.2 Å². The van der Waals surface area contributed by atoms with Crippen LogP contribution in [0.15, 0.2) is 12.1 Å². The van der Waals surface area contributed by atoms with Crippen molar-refractivity contribution in [2.75, 3.05) is 20.8 Å². The summed E-state index contributed by atoms with van der Waals surface area (Å²) >= 11 is 0. The third-order valence-electron chi connectivity index (χ3n) is 3.24. The Balaban J connectivity index is 2.37. The number of hydrogen-bond acceptors (Lipinski definition) is 3. The van der Waals surface area contributed by atoms with Crippen LogP contribution in [0.25, 0.3) is 0 Å². The number of methoxy groups -OCH3 is 2. The van der Waals surface area contributed by atoms with E-state index >= 15 is 0 Å². The minimum Gasteiger partial charge on any atom is -0.496 e. The van der Waals surface area contributed by atoms with Crippen LogP contribution in [0.5, 0.6) is 11.5 Å². The maximum atomic E-state index is 5.38. The molecule has 3 heteroatoms. The molecule has 16 heavy (non-hydrogen) atoms. The molecular weight excluding hydrogens is 202 g/mol. The van der Waals surface area contributed by atoms with Crippen molar-refractivity contribution in [2.24, 2.45) is 0 Å². The van der Waals surface area contributed by atoms with Crippen LogP contribution in [0.2, 0.25) is 0 Å². The third kappa shape index (κ3) is 2.00. The van der Waals surface area contributed by atoms with Crippen LogP contribution in [-0.4, -0.2) is 20.8 Å². The average molecular weight is 221 g/mol. The van der Waals surface area contributed by atoms with Crippen LogP contribution in [-0.2, 0) is 0 Å². The minimum atomic E-state index is 0.448. The van der Waals surface area contributed by atoms with Crippen LogP contribution in [0.4, 0.5) is 0 Å². The van der Waals surface area contributed by atoms with Gasteiger partial charge in [0.2, 0.25) is 0 Å². The maximum absolute atomic E-state index is 5.38. The van der Waals surface area contributed by atoms with E-state index in [1.807, 2.05) is 6.92 Å². The summed E-state index contributed by atoms with van der Waals surface area (Å²) in [4.78, 5) is 0. The summed E-state index contributed by atoms with van der Waals surface area (Å²) in [6.07, 6.45) is 2.43. The zero-order valence-corrected chi connectivity index (χ0v) is 10.2. The first-order chi connectivity index (χ1) is 7.76. The molecule has 0 aliphatic carbocycles. The van der Waals surface area contributed by atoms with Gasteiger partial charge in [-0.1, -0.05) is 0 Å². The van der Waals surface area contributed by atoms with Crippen molar-refractivity contribution in [2.45, 2.75) is 25.8 Å². The van der Waals surface area contributed by atoms with Gasteiger partial charge in [-0.2, -0.15) is 0 Å². The molecule has 1 unspecified atom stereocenters. The van der Waals surface area contributed by atoms with Crippen molar-refractivity contribution >= 4 is 0 Å². The van der Waals surface area contributed by atoms with E-state index in [0.29, 0.717) is 6.04 Å². The Morgan fingerprint density at radius 1 is 1.19 bits per heavy atom. The summed E-state index contributed by atoms with van der Waals surface area (Å²) in [6, 6.07) is 4.67. The molecule has 1 fully saturated rings. The van der Waals surface area contributed by atoms with Crippen LogP contribution in [0.3, 0.4) is 0 Å². The van der Waals surface area contributed by atoms with Crippen molar-refractivity contribution in [3.8, 4) is 11.5 Å². The number of nitrogens with one attached hydrogen (secondary N) is 1. The first-order valence-electron chi connectivity index (χ1n) is 5.72. The van der Waals surface area contributed by atoms with Crippen LogP contribution < -0.4 is 14.8 Å². The van der Waals surface area contributed by atoms with E-state index in [4.69, 9.17) is 9.47 Å². The molecule has 1 heterocycles. The molecule has 0 amide bonds. The fourth-order valence-electron chi connectivity index (χ4n) is 2.28. The predicted octanol–water partition coefficient (Wildman–Crippen LogP) is 2.44. The molecule has 0 saturated carbocycles. The molecule has 1 N–H and O–H groups in total. The molecule has 0 aromatic heterocycles. The minimum absolute atomic E-state index is 0.448. The summed E-state index contributed by atoms with van der Waals surface area (Å²) < 4.78 is 10.8. The normalized spacial score (nSPS) is 19.8. The quantitative estimate of drug-likeness (QED) is 0.850. The lowest BCUT2D eigenvalue weighted by molar-refractivity contribution is 0.386. The zero-order chi connectivity index (χ0) is 11.5. The Bertz CT molecular complexity index is 345. The molecule has 1 aliphatic heterocycles. The van der Waals surface area contributed by atoms with Gasteiger partial charge in [-0.3, -0.25) is 0 Å². The fraction of sp³-hybridized carbons (Fsp3) is 0.538. The third-order valence-corrected chi connectivity index (χ3v) is 3.24. The standard InChI is InChI=1S/C13H19NO2/c1-9-12(15-2)7-10(8-13(9)16-3)11-5-4-6-14-11/h7-8,11,14H,4-6H2,1-3H3. The Kier molecular flexibility index (Phi) is 3.34. The van der Waals surface area contributed by atoms with Crippen molar-refractivity contribution in [3.05, 3.63) is 23.3 Å². The average Bonchev–Trinajstić information content (AvgIpc) is 2.83. The first-order valence-corrected chi connectivity index (χ1v) is 5.72. The Labute approximate surface area is 96.8 Å². The van der Waals surface area contributed by atoms with Gasteiger partial charge in [0, 0.05) is 11.6 Å². The second-order valence-electron chi connectivity index (χ2n) is 4.20. The van der Waals surface area contributed by atoms with Crippen molar-refractivity contribution in [1.29, 1.82) is 0 Å². The predicted molar refractivity (Wildman–Crippen MR) is 64.3 cm³/mol. The molecule has 1 atom stereocenters. The summed E-state index contributed by atoms with van der Waals surface area (Å²) in [5.41, 5.74) is 2.32. The van der Waals surface area contributed by atoms with Crippen molar-refractivity contribution < 1.29 is 9.47 Å². The molecule has 1 saturated heterocycles. The SMILES string of the molecule is COc1cc(C2CCCN2)cc(OC)c1C. The van der Waals surface area contributed by atoms with Gasteiger partial charge in [-0.05, 0) is 44.0 Å². The van der Waals surface area contributed by atoms with Crippen LogP contribution in [0.1, 0.15) is 30.0 Å². The Morgan fingerprint density at radius 3 is 2.25 bits per heavy atom. The molecule has 2 rings (SSSR count). The molecule has 1 aromatic carbocycles. The highest BCUT2D eigenvalue weighted by Gasteiger charge is 2.19. The number of rotatable bonds is 3. The molecular formula is C13H19NO2. The van der Waals surface area contributed by atoms with E-state index in [0.717, 1.165) is 23.6 Å². The Hall–Kier alpha value is -1.22. The van der Waals surface area contributed by atoms with Crippen molar-refractivity contribution in [3.63, 3.8) is 0 Å². The molecule has 0 bridgehead atoms. The molecule has 0 radical (unpaired) electrons. The number of hydrogen-bond donors (Lipinski definition) is 1. The highest BCUT2D eigenvalue weighted by Crippen LogP contribution is 2.34. The molecule has 3 nitrogen and oxygen atoms in total. The summed E-state index contributed by atoms with van der Waals surface area (Å²) in [5.74, 6) is 1.81. The highest BCUT2D eigenvalue weighted by molar-refractivity contribution is 5.48. The van der Waals surface area contributed by atoms with E-state index in [1.165, 1.54) is 18.4 Å². The van der Waals surface area contributed by atoms with Gasteiger partial charge in [0.15, 0.2) is 0 Å². The van der Waals surface area contributed by atoms with Gasteiger partial charge in [-0.25, -0.2) is 0 Å². The lowest BCUT2D eigenvalue weighted by atomic mass is 10.0. The van der Waals surface area contributed by atoms with Gasteiger partial charge in [0.05, 0.1) is 14.2 Å². The zero-order valence-electron chi connectivity index (χ0n) is 10.2. The van der Waals surface area contributed by atoms with Gasteiger partial charge in [-0.15, -0.1) is 0 Å². The number of ether oxygens (including phenoxy) is 2. The maximum Gasteiger partial charge on any atom is 0.125 e. The summed E-state index contributed by atoms with van der Waals surface area (Å²) in [5, 5.41) is 3.48. The van der Waals surface area contributed by atoms with E-state index in [9.17, 15) is 0 Å². The second-order valence-corrected chi connectivity index (χ2v) is 4.20. The van der Waals surface area contributed by atoms with Gasteiger partial charge < -0.3 is 14.8 Å². The van der Waals surface area contributed by atoms with E-state index in [-0.39, 0.29) is 0 Å². The summed E-state index contributed by atoms with van der Waals surface area (Å²) in [7, 11) is 3.40. The molecule has 1 aliphatic rings. The van der Waals surface area contributed by atoms with Crippen molar-refractivity contribution in [1.82, 2.24) is 5.32 Å². The van der Waals surface area contributed by atoms with E-state index < -0.39 is 0 Å². The highest BCUT2D eigenvalue weighted by atomic mass is 16.5. The van der Waals surface area contributed by atoms with E-state index in [2.05, 4.69) is 17.4 Å². The Morgan fingerprint density at radius 2 is 1.81 bits per heavy atom. The lowest BCUT2D eigenvalue weighted by Crippen LogP contribution is -2.13. The van der Waals surface area contributed by atoms with Crippen LogP contribution in [0, 0.1) is 6.92 Å². The molecule has 1 aromatic rings. The van der Waals surface area contributed by atoms with Gasteiger partial charge in [0.25, 0.3) is 0 Å². The number of benzene rings is 1. The topological polar surface area (TPSA) is 30.5 Å².